The molecule has 47 heavy (non-hydrogen) atoms. The fourth-order valence-electron chi connectivity index (χ4n) is 5.60. The zero-order chi connectivity index (χ0) is 33.4. The van der Waals surface area contributed by atoms with E-state index >= 15 is 0 Å². The number of alkyl halides is 3. The molecule has 1 aromatic heterocycles. The Bertz CT molecular complexity index is 1770. The summed E-state index contributed by atoms with van der Waals surface area (Å²) in [6, 6.07) is 16.0. The van der Waals surface area contributed by atoms with Gasteiger partial charge in [0.1, 0.15) is 42.1 Å². The normalized spacial score (nSPS) is 13.3. The number of aromatic nitrogens is 1. The molecule has 244 valence electrons. The van der Waals surface area contributed by atoms with Gasteiger partial charge in [0.2, 0.25) is 0 Å². The first-order chi connectivity index (χ1) is 22.7. The number of benzene rings is 3. The second-order valence-corrected chi connectivity index (χ2v) is 11.6. The quantitative estimate of drug-likeness (QED) is 0.105. The van der Waals surface area contributed by atoms with E-state index in [-0.39, 0.29) is 53.2 Å². The topological polar surface area (TPSA) is 84.7 Å². The SMILES string of the molecule is Cc1c(COc2cc(OCc3cncc(C#N)c3)c(C=O)cc2Cl)cccc1-c1cccc(OCCCN2CCCC2)c1C(F)(F)F. The monoisotopic (exact) mass is 663 g/mol. The van der Waals surface area contributed by atoms with Crippen LogP contribution in [0.4, 0.5) is 13.2 Å². The first kappa shape index (κ1) is 33.8. The van der Waals surface area contributed by atoms with Crippen LogP contribution in [0.1, 0.15) is 57.4 Å². The van der Waals surface area contributed by atoms with Crippen LogP contribution in [-0.4, -0.2) is 42.4 Å². The van der Waals surface area contributed by atoms with Crippen molar-refractivity contribution in [3.8, 4) is 34.4 Å². The highest BCUT2D eigenvalue weighted by molar-refractivity contribution is 6.32. The number of pyridine rings is 1. The number of hydrogen-bond acceptors (Lipinski definition) is 7. The Kier molecular flexibility index (Phi) is 11.0. The molecule has 0 unspecified atom stereocenters. The molecule has 3 aromatic carbocycles. The number of carbonyl (C=O) groups excluding carboxylic acids is 1. The third-order valence-electron chi connectivity index (χ3n) is 8.01. The number of hydrogen-bond donors (Lipinski definition) is 0. The molecule has 7 nitrogen and oxygen atoms in total. The van der Waals surface area contributed by atoms with Gasteiger partial charge in [-0.3, -0.25) is 9.78 Å². The minimum atomic E-state index is -4.64. The van der Waals surface area contributed by atoms with Gasteiger partial charge in [-0.1, -0.05) is 41.9 Å². The highest BCUT2D eigenvalue weighted by Crippen LogP contribution is 2.44. The predicted octanol–water partition coefficient (Wildman–Crippen LogP) is 8.44. The van der Waals surface area contributed by atoms with E-state index in [0.29, 0.717) is 40.5 Å². The molecule has 1 saturated heterocycles. The van der Waals surface area contributed by atoms with Gasteiger partial charge in [-0.05, 0) is 79.7 Å². The van der Waals surface area contributed by atoms with E-state index in [1.165, 1.54) is 30.5 Å². The number of ether oxygens (including phenoxy) is 3. The second kappa shape index (κ2) is 15.3. The lowest BCUT2D eigenvalue weighted by atomic mass is 9.92. The molecular formula is C36H33ClF3N3O4. The van der Waals surface area contributed by atoms with E-state index in [1.807, 2.05) is 6.07 Å². The number of halogens is 4. The van der Waals surface area contributed by atoms with Crippen LogP contribution in [0.5, 0.6) is 17.2 Å². The standard InChI is InChI=1S/C36H33ClF3N3O4/c1-24-27(23-47-34-17-33(28(21-44)16-31(34)37)46-22-26-15-25(18-41)19-42-20-26)7-4-8-29(24)30-9-5-10-32(35(30)36(38,39)40)45-14-6-13-43-11-2-3-12-43/h4-5,7-10,15-17,19-21H,2-3,6,11-14,22-23H2,1H3. The Morgan fingerprint density at radius 1 is 0.957 bits per heavy atom. The van der Waals surface area contributed by atoms with Gasteiger partial charge < -0.3 is 19.1 Å². The maximum absolute atomic E-state index is 14.5. The molecule has 11 heteroatoms. The van der Waals surface area contributed by atoms with Gasteiger partial charge in [0.25, 0.3) is 0 Å². The lowest BCUT2D eigenvalue weighted by Crippen LogP contribution is -2.22. The number of likely N-dealkylation sites (tertiary alicyclic amines) is 1. The molecule has 0 amide bonds. The predicted molar refractivity (Wildman–Crippen MR) is 172 cm³/mol. The van der Waals surface area contributed by atoms with Crippen LogP contribution < -0.4 is 14.2 Å². The summed E-state index contributed by atoms with van der Waals surface area (Å²) < 4.78 is 61.1. The van der Waals surface area contributed by atoms with Crippen LogP contribution in [0.15, 0.2) is 67.0 Å². The minimum Gasteiger partial charge on any atom is -0.493 e. The second-order valence-electron chi connectivity index (χ2n) is 11.2. The minimum absolute atomic E-state index is 0.0125. The van der Waals surface area contributed by atoms with Crippen molar-refractivity contribution in [2.24, 2.45) is 0 Å². The van der Waals surface area contributed by atoms with Gasteiger partial charge in [-0.2, -0.15) is 18.4 Å². The summed E-state index contributed by atoms with van der Waals surface area (Å²) in [4.78, 5) is 18.0. The third kappa shape index (κ3) is 8.42. The highest BCUT2D eigenvalue weighted by Gasteiger charge is 2.38. The van der Waals surface area contributed by atoms with Crippen LogP contribution in [0.25, 0.3) is 11.1 Å². The van der Waals surface area contributed by atoms with E-state index in [2.05, 4.69) is 9.88 Å². The van der Waals surface area contributed by atoms with Crippen molar-refractivity contribution < 1.29 is 32.2 Å². The van der Waals surface area contributed by atoms with Gasteiger partial charge in [0, 0.05) is 30.6 Å². The van der Waals surface area contributed by atoms with Gasteiger partial charge in [0.15, 0.2) is 6.29 Å². The molecule has 1 fully saturated rings. The summed E-state index contributed by atoms with van der Waals surface area (Å²) in [5.74, 6) is 0.239. The lowest BCUT2D eigenvalue weighted by molar-refractivity contribution is -0.138. The molecule has 0 radical (unpaired) electrons. The molecule has 1 aliphatic heterocycles. The van der Waals surface area contributed by atoms with Crippen molar-refractivity contribution >= 4 is 17.9 Å². The van der Waals surface area contributed by atoms with E-state index in [0.717, 1.165) is 32.5 Å². The van der Waals surface area contributed by atoms with Crippen molar-refractivity contribution in [3.05, 3.63) is 105 Å². The molecule has 0 atom stereocenters. The van der Waals surface area contributed by atoms with Gasteiger partial charge in [-0.25, -0.2) is 0 Å². The number of nitriles is 1. The Morgan fingerprint density at radius 3 is 2.45 bits per heavy atom. The van der Waals surface area contributed by atoms with Crippen molar-refractivity contribution in [3.63, 3.8) is 0 Å². The van der Waals surface area contributed by atoms with Crippen molar-refractivity contribution in [2.75, 3.05) is 26.2 Å². The van der Waals surface area contributed by atoms with E-state index in [1.54, 1.807) is 43.5 Å². The van der Waals surface area contributed by atoms with E-state index < -0.39 is 11.7 Å². The van der Waals surface area contributed by atoms with Crippen LogP contribution in [0, 0.1) is 18.3 Å². The Morgan fingerprint density at radius 2 is 1.70 bits per heavy atom. The molecule has 0 spiro atoms. The summed E-state index contributed by atoms with van der Waals surface area (Å²) in [7, 11) is 0. The zero-order valence-corrected chi connectivity index (χ0v) is 26.5. The largest absolute Gasteiger partial charge is 0.493 e. The van der Waals surface area contributed by atoms with E-state index in [4.69, 9.17) is 31.1 Å². The van der Waals surface area contributed by atoms with Crippen molar-refractivity contribution in [1.82, 2.24) is 9.88 Å². The van der Waals surface area contributed by atoms with Crippen LogP contribution >= 0.6 is 11.6 Å². The van der Waals surface area contributed by atoms with E-state index in [9.17, 15) is 18.0 Å². The molecule has 0 aliphatic carbocycles. The van der Waals surface area contributed by atoms with Crippen LogP contribution in [0.2, 0.25) is 5.02 Å². The fourth-order valence-corrected chi connectivity index (χ4v) is 5.83. The molecule has 0 saturated carbocycles. The zero-order valence-electron chi connectivity index (χ0n) is 25.8. The number of carbonyl (C=O) groups is 1. The summed E-state index contributed by atoms with van der Waals surface area (Å²) in [6.45, 7) is 4.79. The Balaban J connectivity index is 1.34. The Labute approximate surface area is 276 Å². The third-order valence-corrected chi connectivity index (χ3v) is 8.31. The number of aldehydes is 1. The fraction of sp³-hybridized carbons (Fsp3) is 0.306. The van der Waals surface area contributed by atoms with Crippen LogP contribution in [-0.2, 0) is 19.4 Å². The molecule has 1 aliphatic rings. The first-order valence-corrected chi connectivity index (χ1v) is 15.6. The van der Waals surface area contributed by atoms with Gasteiger partial charge in [-0.15, -0.1) is 0 Å². The first-order valence-electron chi connectivity index (χ1n) is 15.2. The van der Waals surface area contributed by atoms with Gasteiger partial charge >= 0.3 is 6.18 Å². The maximum atomic E-state index is 14.5. The van der Waals surface area contributed by atoms with Crippen molar-refractivity contribution in [1.29, 1.82) is 5.26 Å². The number of nitrogens with zero attached hydrogens (tertiary/aromatic N) is 3. The summed E-state index contributed by atoms with van der Waals surface area (Å²) >= 11 is 6.42. The molecule has 0 N–H and O–H groups in total. The average molecular weight is 664 g/mol. The average Bonchev–Trinajstić information content (AvgIpc) is 3.59. The smallest absolute Gasteiger partial charge is 0.420 e. The summed E-state index contributed by atoms with van der Waals surface area (Å²) in [5, 5.41) is 9.28. The highest BCUT2D eigenvalue weighted by atomic mass is 35.5. The number of rotatable bonds is 13. The van der Waals surface area contributed by atoms with Gasteiger partial charge in [0.05, 0.1) is 22.8 Å². The molecule has 4 aromatic rings. The molecular weight excluding hydrogens is 631 g/mol. The summed E-state index contributed by atoms with van der Waals surface area (Å²) in [5.41, 5.74) is 2.05. The Hall–Kier alpha value is -4.59. The molecule has 5 rings (SSSR count). The van der Waals surface area contributed by atoms with Crippen LogP contribution in [0.3, 0.4) is 0 Å². The molecule has 2 heterocycles. The molecule has 0 bridgehead atoms. The summed E-state index contributed by atoms with van der Waals surface area (Å²) in [6.07, 6.45) is 1.88. The maximum Gasteiger partial charge on any atom is 0.420 e. The van der Waals surface area contributed by atoms with Crippen molar-refractivity contribution in [2.45, 2.75) is 45.6 Å². The lowest BCUT2D eigenvalue weighted by Gasteiger charge is -2.21.